The molecule has 0 aromatic rings. The second kappa shape index (κ2) is 10.4. The smallest absolute Gasteiger partial charge is 0.140 e. The van der Waals surface area contributed by atoms with Crippen molar-refractivity contribution in [2.45, 2.75) is 114 Å². The SMILES string of the molecule is CC(=O)C1CCC1(C)CC(C=O)CC(=O)C1C(C(=O)C(CC(=O)CC(C)(C)C)C(C)(C)C)CC2C1C2(C)C. The molecule has 3 aliphatic carbocycles. The maximum Gasteiger partial charge on any atom is 0.140 e. The average Bonchev–Trinajstić information content (AvgIpc) is 3.07. The Morgan fingerprint density at radius 2 is 1.58 bits per heavy atom. The number of carbonyl (C=O) groups excluding carboxylic acids is 5. The van der Waals surface area contributed by atoms with Crippen LogP contribution in [0.1, 0.15) is 114 Å². The predicted molar refractivity (Wildman–Crippen MR) is 149 cm³/mol. The third-order valence-corrected chi connectivity index (χ3v) is 10.5. The van der Waals surface area contributed by atoms with Crippen LogP contribution in [0.15, 0.2) is 0 Å². The van der Waals surface area contributed by atoms with Gasteiger partial charge in [-0.15, -0.1) is 0 Å². The molecule has 0 aliphatic heterocycles. The summed E-state index contributed by atoms with van der Waals surface area (Å²) in [6.45, 7) is 20.2. The van der Waals surface area contributed by atoms with Gasteiger partial charge in [0.05, 0.1) is 0 Å². The Kier molecular flexibility index (Phi) is 8.45. The highest BCUT2D eigenvalue weighted by molar-refractivity contribution is 5.95. The summed E-state index contributed by atoms with van der Waals surface area (Å²) in [4.78, 5) is 65.2. The van der Waals surface area contributed by atoms with Gasteiger partial charge in [-0.25, -0.2) is 0 Å². The number of hydrogen-bond acceptors (Lipinski definition) is 5. The summed E-state index contributed by atoms with van der Waals surface area (Å²) in [5.41, 5.74) is -0.726. The predicted octanol–water partition coefficient (Wildman–Crippen LogP) is 6.69. The fourth-order valence-corrected chi connectivity index (χ4v) is 8.20. The van der Waals surface area contributed by atoms with Crippen LogP contribution >= 0.6 is 0 Å². The molecule has 8 atom stereocenters. The molecule has 3 rings (SSSR count). The molecule has 0 amide bonds. The van der Waals surface area contributed by atoms with Gasteiger partial charge in [0.25, 0.3) is 0 Å². The van der Waals surface area contributed by atoms with Crippen molar-refractivity contribution in [2.24, 2.45) is 63.1 Å². The fourth-order valence-electron chi connectivity index (χ4n) is 8.20. The number of Topliss-reactive ketones (excluding diaryl/α,β-unsaturated/α-hetero) is 4. The zero-order chi connectivity index (χ0) is 29.0. The van der Waals surface area contributed by atoms with E-state index in [1.54, 1.807) is 6.92 Å². The summed E-state index contributed by atoms with van der Waals surface area (Å²) < 4.78 is 0. The first-order valence-corrected chi connectivity index (χ1v) is 14.8. The third-order valence-electron chi connectivity index (χ3n) is 10.5. The molecule has 0 radical (unpaired) electrons. The summed E-state index contributed by atoms with van der Waals surface area (Å²) in [6.07, 6.45) is 4.67. The van der Waals surface area contributed by atoms with Gasteiger partial charge in [-0.05, 0) is 66.1 Å². The van der Waals surface area contributed by atoms with Crippen molar-refractivity contribution in [2.75, 3.05) is 0 Å². The quantitative estimate of drug-likeness (QED) is 0.263. The highest BCUT2D eigenvalue weighted by Gasteiger charge is 2.69. The van der Waals surface area contributed by atoms with Crippen LogP contribution in [-0.2, 0) is 24.0 Å². The number of rotatable bonds is 12. The van der Waals surface area contributed by atoms with Crippen molar-refractivity contribution in [1.29, 1.82) is 0 Å². The van der Waals surface area contributed by atoms with E-state index in [1.807, 2.05) is 41.5 Å². The van der Waals surface area contributed by atoms with Crippen molar-refractivity contribution in [3.8, 4) is 0 Å². The van der Waals surface area contributed by atoms with Crippen LogP contribution in [0.3, 0.4) is 0 Å². The largest absolute Gasteiger partial charge is 0.303 e. The average molecular weight is 529 g/mol. The third kappa shape index (κ3) is 6.22. The van der Waals surface area contributed by atoms with Crippen LogP contribution in [0, 0.1) is 63.1 Å². The minimum absolute atomic E-state index is 0.0206. The van der Waals surface area contributed by atoms with Crippen molar-refractivity contribution >= 4 is 29.4 Å². The van der Waals surface area contributed by atoms with Gasteiger partial charge in [-0.1, -0.05) is 62.3 Å². The van der Waals surface area contributed by atoms with Crippen molar-refractivity contribution < 1.29 is 24.0 Å². The van der Waals surface area contributed by atoms with Gasteiger partial charge in [0.2, 0.25) is 0 Å². The van der Waals surface area contributed by atoms with E-state index in [4.69, 9.17) is 0 Å². The monoisotopic (exact) mass is 528 g/mol. The summed E-state index contributed by atoms with van der Waals surface area (Å²) in [6, 6.07) is 0. The van der Waals surface area contributed by atoms with E-state index in [9.17, 15) is 24.0 Å². The minimum atomic E-state index is -0.432. The van der Waals surface area contributed by atoms with Crippen LogP contribution in [0.2, 0.25) is 0 Å². The lowest BCUT2D eigenvalue weighted by atomic mass is 9.56. The van der Waals surface area contributed by atoms with Crippen LogP contribution < -0.4 is 0 Å². The number of aldehydes is 1. The van der Waals surface area contributed by atoms with Gasteiger partial charge < -0.3 is 4.79 Å². The molecular weight excluding hydrogens is 476 g/mol. The van der Waals surface area contributed by atoms with Crippen LogP contribution in [0.25, 0.3) is 0 Å². The standard InChI is InChI=1S/C33H52O5/c1-19(35)23-11-12-33(23,10)16-20(18-34)13-26(37)27-22(15-24-28(27)32(24,8)9)29(38)25(31(5,6)7)14-21(36)17-30(2,3)4/h18,20,22-25,27-28H,11-17H2,1-10H3. The first kappa shape index (κ1) is 30.9. The zero-order valence-electron chi connectivity index (χ0n) is 25.6. The first-order valence-electron chi connectivity index (χ1n) is 14.8. The van der Waals surface area contributed by atoms with E-state index in [2.05, 4.69) is 20.8 Å². The second-order valence-corrected chi connectivity index (χ2v) is 16.2. The molecule has 3 saturated carbocycles. The van der Waals surface area contributed by atoms with Gasteiger partial charge in [0.1, 0.15) is 29.4 Å². The molecule has 3 fully saturated rings. The van der Waals surface area contributed by atoms with Crippen molar-refractivity contribution in [3.63, 3.8) is 0 Å². The van der Waals surface area contributed by atoms with E-state index in [1.165, 1.54) is 0 Å². The lowest BCUT2D eigenvalue weighted by Crippen LogP contribution is -2.44. The first-order chi connectivity index (χ1) is 17.2. The lowest BCUT2D eigenvalue weighted by molar-refractivity contribution is -0.140. The normalized spacial score (nSPS) is 33.5. The number of fused-ring (bicyclic) bond motifs is 1. The van der Waals surface area contributed by atoms with E-state index in [0.29, 0.717) is 25.2 Å². The highest BCUT2D eigenvalue weighted by atomic mass is 16.1. The van der Waals surface area contributed by atoms with Gasteiger partial charge in [0.15, 0.2) is 0 Å². The van der Waals surface area contributed by atoms with E-state index in [-0.39, 0.29) is 81.3 Å². The Balaban J connectivity index is 1.80. The Bertz CT molecular complexity index is 976. The summed E-state index contributed by atoms with van der Waals surface area (Å²) in [5, 5.41) is 0. The molecule has 214 valence electrons. The molecule has 0 saturated heterocycles. The molecule has 5 heteroatoms. The molecule has 38 heavy (non-hydrogen) atoms. The van der Waals surface area contributed by atoms with Gasteiger partial charge in [0, 0.05) is 48.9 Å². The Hall–Kier alpha value is -1.65. The summed E-state index contributed by atoms with van der Waals surface area (Å²) >= 11 is 0. The zero-order valence-corrected chi connectivity index (χ0v) is 25.6. The molecule has 0 spiro atoms. The molecule has 8 unspecified atom stereocenters. The Morgan fingerprint density at radius 1 is 0.974 bits per heavy atom. The number of carbonyl (C=O) groups is 5. The molecule has 0 bridgehead atoms. The fraction of sp³-hybridized carbons (Fsp3) is 0.848. The Morgan fingerprint density at radius 3 is 2.03 bits per heavy atom. The Labute approximate surface area is 230 Å². The van der Waals surface area contributed by atoms with Crippen LogP contribution in [0.5, 0.6) is 0 Å². The van der Waals surface area contributed by atoms with Crippen molar-refractivity contribution in [3.05, 3.63) is 0 Å². The van der Waals surface area contributed by atoms with Gasteiger partial charge >= 0.3 is 0 Å². The highest BCUT2D eigenvalue weighted by Crippen LogP contribution is 2.71. The van der Waals surface area contributed by atoms with Gasteiger partial charge in [-0.3, -0.25) is 19.2 Å². The maximum atomic E-state index is 14.1. The van der Waals surface area contributed by atoms with Crippen LogP contribution in [-0.4, -0.2) is 29.4 Å². The van der Waals surface area contributed by atoms with Crippen LogP contribution in [0.4, 0.5) is 0 Å². The lowest BCUT2D eigenvalue weighted by Gasteiger charge is -2.47. The van der Waals surface area contributed by atoms with E-state index in [0.717, 1.165) is 19.1 Å². The molecule has 0 aromatic heterocycles. The minimum Gasteiger partial charge on any atom is -0.303 e. The number of ketones is 4. The second-order valence-electron chi connectivity index (χ2n) is 16.2. The molecule has 0 heterocycles. The summed E-state index contributed by atoms with van der Waals surface area (Å²) in [5.74, 6) is -0.822. The van der Waals surface area contributed by atoms with E-state index >= 15 is 0 Å². The molecule has 3 aliphatic rings. The molecular formula is C33H52O5. The summed E-state index contributed by atoms with van der Waals surface area (Å²) in [7, 11) is 0. The molecule has 5 nitrogen and oxygen atoms in total. The maximum absolute atomic E-state index is 14.1. The molecule has 0 aromatic carbocycles. The molecule has 0 N–H and O–H groups in total. The van der Waals surface area contributed by atoms with Gasteiger partial charge in [-0.2, -0.15) is 0 Å². The topological polar surface area (TPSA) is 85.3 Å². The van der Waals surface area contributed by atoms with Crippen molar-refractivity contribution in [1.82, 2.24) is 0 Å². The number of hydrogen-bond donors (Lipinski definition) is 0. The van der Waals surface area contributed by atoms with E-state index < -0.39 is 11.8 Å².